The van der Waals surface area contributed by atoms with Crippen LogP contribution >= 0.6 is 0 Å². The van der Waals surface area contributed by atoms with E-state index in [4.69, 9.17) is 9.47 Å². The Bertz CT molecular complexity index is 429. The van der Waals surface area contributed by atoms with Crippen LogP contribution in [0.2, 0.25) is 0 Å². The number of carbonyl (C=O) groups excluding carboxylic acids is 1. The lowest BCUT2D eigenvalue weighted by Crippen LogP contribution is -2.22. The molecule has 0 heterocycles. The lowest BCUT2D eigenvalue weighted by molar-refractivity contribution is -0.121. The molecule has 19 heavy (non-hydrogen) atoms. The third kappa shape index (κ3) is 3.88. The van der Waals surface area contributed by atoms with Gasteiger partial charge in [-0.3, -0.25) is 4.79 Å². The second-order valence-electron chi connectivity index (χ2n) is 4.84. The van der Waals surface area contributed by atoms with Gasteiger partial charge in [0.25, 0.3) is 0 Å². The topological polar surface area (TPSA) is 47.6 Å². The number of hydrogen-bond acceptors (Lipinski definition) is 3. The first-order valence-electron chi connectivity index (χ1n) is 6.46. The summed E-state index contributed by atoms with van der Waals surface area (Å²) in [5.41, 5.74) is 1.04. The van der Waals surface area contributed by atoms with E-state index >= 15 is 0 Å². The van der Waals surface area contributed by atoms with Crippen LogP contribution in [0.4, 0.5) is 0 Å². The molecule has 106 valence electrons. The molecule has 1 N–H and O–H groups in total. The van der Waals surface area contributed by atoms with Crippen molar-refractivity contribution in [3.8, 4) is 11.5 Å². The number of carbonyl (C=O) groups is 1. The highest BCUT2D eigenvalue weighted by Crippen LogP contribution is 2.36. The van der Waals surface area contributed by atoms with Crippen molar-refractivity contribution in [2.45, 2.75) is 26.2 Å². The van der Waals surface area contributed by atoms with Crippen LogP contribution in [0.15, 0.2) is 18.2 Å². The van der Waals surface area contributed by atoms with Gasteiger partial charge in [0.1, 0.15) is 11.5 Å². The summed E-state index contributed by atoms with van der Waals surface area (Å²) in [5.74, 6) is 2.03. The minimum Gasteiger partial charge on any atom is -0.497 e. The first-order valence-corrected chi connectivity index (χ1v) is 6.46. The molecule has 0 fully saturated rings. The Hall–Kier alpha value is -1.71. The zero-order chi connectivity index (χ0) is 14.4. The van der Waals surface area contributed by atoms with Crippen LogP contribution in [0.5, 0.6) is 11.5 Å². The largest absolute Gasteiger partial charge is 0.497 e. The van der Waals surface area contributed by atoms with Crippen LogP contribution in [0.25, 0.3) is 0 Å². The smallest absolute Gasteiger partial charge is 0.220 e. The van der Waals surface area contributed by atoms with Crippen molar-refractivity contribution in [2.75, 3.05) is 21.3 Å². The molecule has 0 bridgehead atoms. The molecule has 1 amide bonds. The minimum atomic E-state index is 0.0385. The number of hydrogen-bond donors (Lipinski definition) is 1. The van der Waals surface area contributed by atoms with E-state index in [9.17, 15) is 4.79 Å². The van der Waals surface area contributed by atoms with Gasteiger partial charge < -0.3 is 14.8 Å². The van der Waals surface area contributed by atoms with Crippen molar-refractivity contribution in [3.63, 3.8) is 0 Å². The van der Waals surface area contributed by atoms with Crippen LogP contribution in [-0.4, -0.2) is 27.2 Å². The minimum absolute atomic E-state index is 0.0385. The van der Waals surface area contributed by atoms with Gasteiger partial charge in [0, 0.05) is 19.5 Å². The summed E-state index contributed by atoms with van der Waals surface area (Å²) >= 11 is 0. The van der Waals surface area contributed by atoms with E-state index in [0.717, 1.165) is 17.1 Å². The summed E-state index contributed by atoms with van der Waals surface area (Å²) in [5, 5.41) is 2.68. The van der Waals surface area contributed by atoms with Crippen molar-refractivity contribution in [1.82, 2.24) is 5.32 Å². The SMILES string of the molecule is CNC(=O)CC(c1ccc(OC)cc1OC)C(C)C. The molecular weight excluding hydrogens is 242 g/mol. The Morgan fingerprint density at radius 2 is 1.95 bits per heavy atom. The lowest BCUT2D eigenvalue weighted by atomic mass is 9.85. The Labute approximate surface area is 115 Å². The maximum atomic E-state index is 11.6. The van der Waals surface area contributed by atoms with Crippen LogP contribution in [0.1, 0.15) is 31.7 Å². The Balaban J connectivity index is 3.11. The molecule has 0 aliphatic carbocycles. The van der Waals surface area contributed by atoms with Gasteiger partial charge in [-0.05, 0) is 23.5 Å². The molecule has 0 radical (unpaired) electrons. The Morgan fingerprint density at radius 1 is 1.26 bits per heavy atom. The highest BCUT2D eigenvalue weighted by molar-refractivity contribution is 5.76. The fraction of sp³-hybridized carbons (Fsp3) is 0.533. The predicted molar refractivity (Wildman–Crippen MR) is 75.8 cm³/mol. The average molecular weight is 265 g/mol. The molecule has 1 aromatic carbocycles. The van der Waals surface area contributed by atoms with Crippen molar-refractivity contribution in [3.05, 3.63) is 23.8 Å². The van der Waals surface area contributed by atoms with Gasteiger partial charge >= 0.3 is 0 Å². The number of amides is 1. The molecule has 1 rings (SSSR count). The Morgan fingerprint density at radius 3 is 2.42 bits per heavy atom. The van der Waals surface area contributed by atoms with Crippen molar-refractivity contribution in [1.29, 1.82) is 0 Å². The average Bonchev–Trinajstić information content (AvgIpc) is 2.43. The van der Waals surface area contributed by atoms with Gasteiger partial charge in [0.05, 0.1) is 14.2 Å². The Kier molecular flexibility index (Phi) is 5.67. The first kappa shape index (κ1) is 15.3. The maximum Gasteiger partial charge on any atom is 0.220 e. The van der Waals surface area contributed by atoms with Crippen LogP contribution < -0.4 is 14.8 Å². The molecule has 0 saturated carbocycles. The molecule has 0 aromatic heterocycles. The van der Waals surface area contributed by atoms with Gasteiger partial charge in [0.2, 0.25) is 5.91 Å². The maximum absolute atomic E-state index is 11.6. The van der Waals surface area contributed by atoms with Crippen molar-refractivity contribution >= 4 is 5.91 Å². The molecule has 1 unspecified atom stereocenters. The summed E-state index contributed by atoms with van der Waals surface area (Å²) < 4.78 is 10.6. The molecule has 1 aromatic rings. The number of ether oxygens (including phenoxy) is 2. The summed E-state index contributed by atoms with van der Waals surface area (Å²) in [6, 6.07) is 5.73. The summed E-state index contributed by atoms with van der Waals surface area (Å²) in [6.45, 7) is 4.22. The van der Waals surface area contributed by atoms with E-state index in [-0.39, 0.29) is 11.8 Å². The molecule has 0 saturated heterocycles. The zero-order valence-corrected chi connectivity index (χ0v) is 12.3. The number of rotatable bonds is 6. The fourth-order valence-electron chi connectivity index (χ4n) is 2.13. The standard InChI is InChI=1S/C15H23NO3/c1-10(2)13(9-15(17)16-3)12-7-6-11(18-4)8-14(12)19-5/h6-8,10,13H,9H2,1-5H3,(H,16,17). The van der Waals surface area contributed by atoms with Gasteiger partial charge in [-0.2, -0.15) is 0 Å². The fourth-order valence-corrected chi connectivity index (χ4v) is 2.13. The second-order valence-corrected chi connectivity index (χ2v) is 4.84. The normalized spacial score (nSPS) is 12.1. The van der Waals surface area contributed by atoms with Gasteiger partial charge in [0.15, 0.2) is 0 Å². The number of benzene rings is 1. The summed E-state index contributed by atoms with van der Waals surface area (Å²) in [7, 11) is 4.92. The molecule has 0 spiro atoms. The van der Waals surface area contributed by atoms with E-state index in [1.807, 2.05) is 18.2 Å². The highest BCUT2D eigenvalue weighted by atomic mass is 16.5. The number of methoxy groups -OCH3 is 2. The van der Waals surface area contributed by atoms with E-state index in [1.165, 1.54) is 0 Å². The van der Waals surface area contributed by atoms with Crippen LogP contribution in [0, 0.1) is 5.92 Å². The third-order valence-electron chi connectivity index (χ3n) is 3.33. The van der Waals surface area contributed by atoms with E-state index in [1.54, 1.807) is 21.3 Å². The zero-order valence-electron chi connectivity index (χ0n) is 12.3. The van der Waals surface area contributed by atoms with Crippen LogP contribution in [-0.2, 0) is 4.79 Å². The summed E-state index contributed by atoms with van der Waals surface area (Å²) in [6.07, 6.45) is 0.455. The predicted octanol–water partition coefficient (Wildman–Crippen LogP) is 2.58. The first-order chi connectivity index (χ1) is 9.03. The molecule has 0 aliphatic rings. The van der Waals surface area contributed by atoms with Crippen molar-refractivity contribution < 1.29 is 14.3 Å². The van der Waals surface area contributed by atoms with E-state index in [0.29, 0.717) is 12.3 Å². The third-order valence-corrected chi connectivity index (χ3v) is 3.33. The highest BCUT2D eigenvalue weighted by Gasteiger charge is 2.22. The lowest BCUT2D eigenvalue weighted by Gasteiger charge is -2.23. The van der Waals surface area contributed by atoms with Crippen LogP contribution in [0.3, 0.4) is 0 Å². The molecular formula is C15H23NO3. The number of nitrogens with one attached hydrogen (secondary N) is 1. The van der Waals surface area contributed by atoms with E-state index < -0.39 is 0 Å². The second kappa shape index (κ2) is 7.02. The van der Waals surface area contributed by atoms with Gasteiger partial charge in [-0.1, -0.05) is 19.9 Å². The van der Waals surface area contributed by atoms with E-state index in [2.05, 4.69) is 19.2 Å². The van der Waals surface area contributed by atoms with Gasteiger partial charge in [-0.25, -0.2) is 0 Å². The van der Waals surface area contributed by atoms with Gasteiger partial charge in [-0.15, -0.1) is 0 Å². The quantitative estimate of drug-likeness (QED) is 0.860. The summed E-state index contributed by atoms with van der Waals surface area (Å²) in [4.78, 5) is 11.6. The molecule has 0 aliphatic heterocycles. The molecule has 4 heteroatoms. The molecule has 4 nitrogen and oxygen atoms in total. The monoisotopic (exact) mass is 265 g/mol. The molecule has 1 atom stereocenters. The van der Waals surface area contributed by atoms with Crippen molar-refractivity contribution in [2.24, 2.45) is 5.92 Å².